The van der Waals surface area contributed by atoms with Crippen molar-refractivity contribution in [3.05, 3.63) is 0 Å². The third kappa shape index (κ3) is 4.08. The second-order valence-corrected chi connectivity index (χ2v) is 4.23. The van der Waals surface area contributed by atoms with Gasteiger partial charge < -0.3 is 16.0 Å². The summed E-state index contributed by atoms with van der Waals surface area (Å²) in [5.74, 6) is 0.529. The predicted octanol–water partition coefficient (Wildman–Crippen LogP) is 1.17. The Morgan fingerprint density at radius 1 is 1.47 bits per heavy atom. The third-order valence-electron chi connectivity index (χ3n) is 3.09. The van der Waals surface area contributed by atoms with Crippen LogP contribution in [-0.2, 0) is 0 Å². The van der Waals surface area contributed by atoms with Gasteiger partial charge in [-0.1, -0.05) is 13.3 Å². The SMILES string of the molecule is CCC(CCN)CNC(=O)N1CCCC1. The molecule has 3 N–H and O–H groups in total. The molecule has 1 rings (SSSR count). The number of carbonyl (C=O) groups is 1. The molecule has 1 fully saturated rings. The van der Waals surface area contributed by atoms with Crippen molar-refractivity contribution >= 4 is 6.03 Å². The number of rotatable bonds is 5. The van der Waals surface area contributed by atoms with Crippen molar-refractivity contribution in [2.75, 3.05) is 26.2 Å². The molecule has 0 saturated carbocycles. The number of carbonyl (C=O) groups excluding carboxylic acids is 1. The molecule has 0 radical (unpaired) electrons. The van der Waals surface area contributed by atoms with Gasteiger partial charge in [0.25, 0.3) is 0 Å². The van der Waals surface area contributed by atoms with Crippen molar-refractivity contribution in [2.24, 2.45) is 11.7 Å². The van der Waals surface area contributed by atoms with E-state index in [9.17, 15) is 4.79 Å². The Bertz CT molecular complexity index is 190. The standard InChI is InChI=1S/C11H23N3O/c1-2-10(5-6-12)9-13-11(15)14-7-3-4-8-14/h10H,2-9,12H2,1H3,(H,13,15). The second-order valence-electron chi connectivity index (χ2n) is 4.23. The van der Waals surface area contributed by atoms with Crippen LogP contribution in [0.1, 0.15) is 32.6 Å². The summed E-state index contributed by atoms with van der Waals surface area (Å²) in [6.45, 7) is 5.45. The summed E-state index contributed by atoms with van der Waals surface area (Å²) < 4.78 is 0. The molecular formula is C11H23N3O. The van der Waals surface area contributed by atoms with Gasteiger partial charge in [-0.25, -0.2) is 4.79 Å². The average molecular weight is 213 g/mol. The Morgan fingerprint density at radius 3 is 2.67 bits per heavy atom. The molecule has 4 nitrogen and oxygen atoms in total. The number of hydrogen-bond donors (Lipinski definition) is 2. The van der Waals surface area contributed by atoms with Crippen molar-refractivity contribution in [3.8, 4) is 0 Å². The van der Waals surface area contributed by atoms with Crippen LogP contribution in [0.5, 0.6) is 0 Å². The van der Waals surface area contributed by atoms with Crippen LogP contribution in [-0.4, -0.2) is 37.1 Å². The van der Waals surface area contributed by atoms with Gasteiger partial charge in [0, 0.05) is 19.6 Å². The zero-order valence-corrected chi connectivity index (χ0v) is 9.67. The van der Waals surface area contributed by atoms with E-state index in [0.717, 1.165) is 45.3 Å². The molecule has 2 amide bonds. The number of urea groups is 1. The molecule has 0 aliphatic carbocycles. The number of hydrogen-bond acceptors (Lipinski definition) is 2. The monoisotopic (exact) mass is 213 g/mol. The van der Waals surface area contributed by atoms with E-state index >= 15 is 0 Å². The van der Waals surface area contributed by atoms with E-state index in [-0.39, 0.29) is 6.03 Å². The quantitative estimate of drug-likeness (QED) is 0.720. The van der Waals surface area contributed by atoms with Gasteiger partial charge in [-0.2, -0.15) is 0 Å². The fourth-order valence-corrected chi connectivity index (χ4v) is 1.95. The Morgan fingerprint density at radius 2 is 2.13 bits per heavy atom. The lowest BCUT2D eigenvalue weighted by atomic mass is 10.0. The molecule has 0 aromatic heterocycles. The maximum Gasteiger partial charge on any atom is 0.317 e. The van der Waals surface area contributed by atoms with E-state index in [1.165, 1.54) is 0 Å². The second kappa shape index (κ2) is 6.67. The number of amides is 2. The van der Waals surface area contributed by atoms with Crippen molar-refractivity contribution in [3.63, 3.8) is 0 Å². The molecule has 1 aliphatic rings. The van der Waals surface area contributed by atoms with Crippen molar-refractivity contribution < 1.29 is 4.79 Å². The Balaban J connectivity index is 2.19. The zero-order valence-electron chi connectivity index (χ0n) is 9.67. The first-order valence-electron chi connectivity index (χ1n) is 6.00. The van der Waals surface area contributed by atoms with E-state index in [4.69, 9.17) is 5.73 Å². The summed E-state index contributed by atoms with van der Waals surface area (Å²) in [7, 11) is 0. The number of likely N-dealkylation sites (tertiary alicyclic amines) is 1. The largest absolute Gasteiger partial charge is 0.338 e. The lowest BCUT2D eigenvalue weighted by Crippen LogP contribution is -2.40. The normalized spacial score (nSPS) is 17.9. The van der Waals surface area contributed by atoms with Crippen LogP contribution in [0.2, 0.25) is 0 Å². The highest BCUT2D eigenvalue weighted by atomic mass is 16.2. The molecule has 88 valence electrons. The first-order valence-corrected chi connectivity index (χ1v) is 6.00. The summed E-state index contributed by atoms with van der Waals surface area (Å²) in [6.07, 6.45) is 4.37. The van der Waals surface area contributed by atoms with Gasteiger partial charge in [0.05, 0.1) is 0 Å². The maximum absolute atomic E-state index is 11.7. The van der Waals surface area contributed by atoms with Crippen molar-refractivity contribution in [1.82, 2.24) is 10.2 Å². The smallest absolute Gasteiger partial charge is 0.317 e. The van der Waals surface area contributed by atoms with E-state index in [2.05, 4.69) is 12.2 Å². The highest BCUT2D eigenvalue weighted by molar-refractivity contribution is 5.74. The van der Waals surface area contributed by atoms with Gasteiger partial charge in [-0.3, -0.25) is 0 Å². The molecule has 1 aliphatic heterocycles. The predicted molar refractivity (Wildman–Crippen MR) is 61.7 cm³/mol. The van der Waals surface area contributed by atoms with Crippen LogP contribution < -0.4 is 11.1 Å². The fraction of sp³-hybridized carbons (Fsp3) is 0.909. The first kappa shape index (κ1) is 12.3. The average Bonchev–Trinajstić information content (AvgIpc) is 2.77. The van der Waals surface area contributed by atoms with Gasteiger partial charge in [0.1, 0.15) is 0 Å². The van der Waals surface area contributed by atoms with Crippen LogP contribution in [0.4, 0.5) is 4.79 Å². The van der Waals surface area contributed by atoms with Gasteiger partial charge in [0.2, 0.25) is 0 Å². The lowest BCUT2D eigenvalue weighted by Gasteiger charge is -2.19. The molecule has 4 heteroatoms. The Hall–Kier alpha value is -0.770. The van der Waals surface area contributed by atoms with Gasteiger partial charge in [-0.15, -0.1) is 0 Å². The van der Waals surface area contributed by atoms with Crippen LogP contribution >= 0.6 is 0 Å². The number of nitrogens with zero attached hydrogens (tertiary/aromatic N) is 1. The van der Waals surface area contributed by atoms with E-state index in [1.54, 1.807) is 0 Å². The summed E-state index contributed by atoms with van der Waals surface area (Å²) in [6, 6.07) is 0.1000. The summed E-state index contributed by atoms with van der Waals surface area (Å²) in [4.78, 5) is 13.6. The number of nitrogens with one attached hydrogen (secondary N) is 1. The Kier molecular flexibility index (Phi) is 5.47. The third-order valence-corrected chi connectivity index (χ3v) is 3.09. The summed E-state index contributed by atoms with van der Waals surface area (Å²) >= 11 is 0. The van der Waals surface area contributed by atoms with Crippen LogP contribution in [0.15, 0.2) is 0 Å². The molecule has 0 bridgehead atoms. The van der Waals surface area contributed by atoms with E-state index < -0.39 is 0 Å². The molecule has 1 unspecified atom stereocenters. The highest BCUT2D eigenvalue weighted by Crippen LogP contribution is 2.08. The van der Waals surface area contributed by atoms with Gasteiger partial charge >= 0.3 is 6.03 Å². The maximum atomic E-state index is 11.7. The van der Waals surface area contributed by atoms with Crippen LogP contribution in [0.3, 0.4) is 0 Å². The zero-order chi connectivity index (χ0) is 11.1. The lowest BCUT2D eigenvalue weighted by molar-refractivity contribution is 0.206. The van der Waals surface area contributed by atoms with Crippen LogP contribution in [0.25, 0.3) is 0 Å². The minimum absolute atomic E-state index is 0.1000. The van der Waals surface area contributed by atoms with Gasteiger partial charge in [-0.05, 0) is 31.7 Å². The Labute approximate surface area is 92.2 Å². The summed E-state index contributed by atoms with van der Waals surface area (Å²) in [5.41, 5.74) is 5.51. The molecule has 0 aromatic carbocycles. The van der Waals surface area contributed by atoms with Crippen molar-refractivity contribution in [1.29, 1.82) is 0 Å². The summed E-state index contributed by atoms with van der Waals surface area (Å²) in [5, 5.41) is 2.99. The molecular weight excluding hydrogens is 190 g/mol. The molecule has 0 spiro atoms. The van der Waals surface area contributed by atoms with Crippen LogP contribution in [0, 0.1) is 5.92 Å². The van der Waals surface area contributed by atoms with E-state index in [0.29, 0.717) is 12.5 Å². The molecule has 1 atom stereocenters. The number of nitrogens with two attached hydrogens (primary N) is 1. The fourth-order valence-electron chi connectivity index (χ4n) is 1.95. The molecule has 0 aromatic rings. The van der Waals surface area contributed by atoms with E-state index in [1.807, 2.05) is 4.90 Å². The minimum atomic E-state index is 0.1000. The minimum Gasteiger partial charge on any atom is -0.338 e. The van der Waals surface area contributed by atoms with Gasteiger partial charge in [0.15, 0.2) is 0 Å². The van der Waals surface area contributed by atoms with Crippen molar-refractivity contribution in [2.45, 2.75) is 32.6 Å². The molecule has 15 heavy (non-hydrogen) atoms. The molecule has 1 heterocycles. The first-order chi connectivity index (χ1) is 7.27. The topological polar surface area (TPSA) is 58.4 Å². The molecule has 1 saturated heterocycles. The highest BCUT2D eigenvalue weighted by Gasteiger charge is 2.18.